The Hall–Kier alpha value is -0.780. The minimum atomic E-state index is -0.758. The van der Waals surface area contributed by atoms with E-state index in [4.69, 9.17) is 10.8 Å². The molecular weight excluding hydrogens is 293 g/mol. The molecule has 0 aliphatic heterocycles. The number of hydrogen-bond donors (Lipinski definition) is 2. The fourth-order valence-corrected chi connectivity index (χ4v) is 2.16. The van der Waals surface area contributed by atoms with Crippen LogP contribution in [0.2, 0.25) is 0 Å². The molecule has 0 radical (unpaired) electrons. The van der Waals surface area contributed by atoms with Gasteiger partial charge in [-0.1, -0.05) is 0 Å². The van der Waals surface area contributed by atoms with Crippen molar-refractivity contribution in [2.45, 2.75) is 18.3 Å². The summed E-state index contributed by atoms with van der Waals surface area (Å²) in [6.45, 7) is 0. The molecule has 1 saturated carbocycles. The number of aliphatic carboxylic acids is 1. The van der Waals surface area contributed by atoms with Crippen molar-refractivity contribution in [1.29, 1.82) is 0 Å². The minimum absolute atomic E-state index is 0.588. The number of carboxylic acid groups (broad SMARTS) is 1. The van der Waals surface area contributed by atoms with Gasteiger partial charge in [-0.25, -0.2) is 0 Å². The van der Waals surface area contributed by atoms with Crippen LogP contribution in [0.25, 0.3) is 0 Å². The average molecular weight is 303 g/mol. The van der Waals surface area contributed by atoms with Crippen LogP contribution in [0.1, 0.15) is 18.4 Å². The van der Waals surface area contributed by atoms with Crippen LogP contribution in [0.5, 0.6) is 0 Å². The number of nitrogens with two attached hydrogens (primary N) is 1. The molecule has 14 heavy (non-hydrogen) atoms. The van der Waals surface area contributed by atoms with Gasteiger partial charge in [0.25, 0.3) is 0 Å². The number of rotatable bonds is 2. The van der Waals surface area contributed by atoms with Crippen molar-refractivity contribution in [2.24, 2.45) is 0 Å². The summed E-state index contributed by atoms with van der Waals surface area (Å²) in [5.74, 6) is -0.758. The highest BCUT2D eigenvalue weighted by atomic mass is 127. The summed E-state index contributed by atoms with van der Waals surface area (Å²) in [5, 5.41) is 9.11. The van der Waals surface area contributed by atoms with Gasteiger partial charge in [-0.15, -0.1) is 0 Å². The summed E-state index contributed by atoms with van der Waals surface area (Å²) in [7, 11) is 0. The number of halogens is 1. The van der Waals surface area contributed by atoms with E-state index in [2.05, 4.69) is 22.6 Å². The van der Waals surface area contributed by atoms with Crippen LogP contribution < -0.4 is 5.73 Å². The molecule has 0 saturated heterocycles. The van der Waals surface area contributed by atoms with Crippen LogP contribution in [0.4, 0.5) is 5.69 Å². The van der Waals surface area contributed by atoms with Crippen molar-refractivity contribution in [3.8, 4) is 0 Å². The van der Waals surface area contributed by atoms with Gasteiger partial charge in [-0.2, -0.15) is 0 Å². The summed E-state index contributed by atoms with van der Waals surface area (Å²) < 4.78 is 1.03. The van der Waals surface area contributed by atoms with Crippen LogP contribution in [0.15, 0.2) is 18.2 Å². The van der Waals surface area contributed by atoms with E-state index in [1.807, 2.05) is 12.1 Å². The van der Waals surface area contributed by atoms with Crippen LogP contribution in [-0.2, 0) is 10.2 Å². The van der Waals surface area contributed by atoms with E-state index in [1.165, 1.54) is 0 Å². The highest BCUT2D eigenvalue weighted by Crippen LogP contribution is 2.50. The third kappa shape index (κ3) is 1.37. The van der Waals surface area contributed by atoms with E-state index in [9.17, 15) is 4.79 Å². The van der Waals surface area contributed by atoms with Crippen molar-refractivity contribution in [2.75, 3.05) is 5.73 Å². The zero-order chi connectivity index (χ0) is 10.3. The largest absolute Gasteiger partial charge is 0.481 e. The second kappa shape index (κ2) is 3.12. The highest BCUT2D eigenvalue weighted by molar-refractivity contribution is 14.1. The molecule has 4 heteroatoms. The van der Waals surface area contributed by atoms with Crippen LogP contribution in [0.3, 0.4) is 0 Å². The number of benzene rings is 1. The fraction of sp³-hybridized carbons (Fsp3) is 0.300. The van der Waals surface area contributed by atoms with E-state index < -0.39 is 11.4 Å². The number of carbonyl (C=O) groups is 1. The van der Waals surface area contributed by atoms with Gasteiger partial charge in [0.05, 0.1) is 5.41 Å². The van der Waals surface area contributed by atoms with E-state index in [0.717, 1.165) is 9.13 Å². The molecule has 1 aliphatic carbocycles. The first-order valence-electron chi connectivity index (χ1n) is 4.35. The quantitative estimate of drug-likeness (QED) is 0.649. The summed E-state index contributed by atoms with van der Waals surface area (Å²) in [6.07, 6.45) is 1.40. The van der Waals surface area contributed by atoms with E-state index in [0.29, 0.717) is 18.5 Å². The number of anilines is 1. The van der Waals surface area contributed by atoms with Gasteiger partial charge < -0.3 is 10.8 Å². The monoisotopic (exact) mass is 303 g/mol. The zero-order valence-corrected chi connectivity index (χ0v) is 9.61. The maximum absolute atomic E-state index is 11.1. The fourth-order valence-electron chi connectivity index (χ4n) is 1.67. The van der Waals surface area contributed by atoms with Gasteiger partial charge in [-0.3, -0.25) is 4.79 Å². The maximum atomic E-state index is 11.1. The highest BCUT2D eigenvalue weighted by Gasteiger charge is 2.52. The SMILES string of the molecule is Nc1ccc(I)cc1C1(C(=O)O)CC1. The van der Waals surface area contributed by atoms with Gasteiger partial charge in [-0.05, 0) is 59.2 Å². The molecule has 2 rings (SSSR count). The molecule has 0 amide bonds. The number of hydrogen-bond acceptors (Lipinski definition) is 2. The van der Waals surface area contributed by atoms with Crippen molar-refractivity contribution >= 4 is 34.2 Å². The van der Waals surface area contributed by atoms with Crippen LogP contribution >= 0.6 is 22.6 Å². The third-order valence-electron chi connectivity index (χ3n) is 2.69. The molecule has 1 aromatic rings. The van der Waals surface area contributed by atoms with E-state index in [1.54, 1.807) is 6.07 Å². The Morgan fingerprint density at radius 1 is 1.50 bits per heavy atom. The Kier molecular flexibility index (Phi) is 2.17. The Morgan fingerprint density at radius 3 is 2.64 bits per heavy atom. The number of carboxylic acids is 1. The van der Waals surface area contributed by atoms with Gasteiger partial charge >= 0.3 is 5.97 Å². The normalized spacial score (nSPS) is 17.8. The molecule has 1 aliphatic rings. The average Bonchev–Trinajstić information content (AvgIpc) is 2.90. The molecule has 0 bridgehead atoms. The van der Waals surface area contributed by atoms with Crippen molar-refractivity contribution in [3.05, 3.63) is 27.3 Å². The molecule has 1 fully saturated rings. The molecule has 0 spiro atoms. The molecule has 0 unspecified atom stereocenters. The molecule has 3 N–H and O–H groups in total. The topological polar surface area (TPSA) is 63.3 Å². The third-order valence-corrected chi connectivity index (χ3v) is 3.36. The second-order valence-corrected chi connectivity index (χ2v) is 4.86. The second-order valence-electron chi connectivity index (χ2n) is 3.62. The first-order chi connectivity index (χ1) is 6.56. The van der Waals surface area contributed by atoms with Crippen molar-refractivity contribution in [1.82, 2.24) is 0 Å². The Balaban J connectivity index is 2.51. The molecular formula is C10H10INO2. The van der Waals surface area contributed by atoms with Crippen LogP contribution in [-0.4, -0.2) is 11.1 Å². The predicted molar refractivity (Wildman–Crippen MR) is 62.1 cm³/mol. The Bertz CT molecular complexity index is 399. The van der Waals surface area contributed by atoms with Crippen molar-refractivity contribution in [3.63, 3.8) is 0 Å². The van der Waals surface area contributed by atoms with Gasteiger partial charge in [0.1, 0.15) is 0 Å². The zero-order valence-electron chi connectivity index (χ0n) is 7.46. The summed E-state index contributed by atoms with van der Waals surface area (Å²) >= 11 is 2.16. The lowest BCUT2D eigenvalue weighted by atomic mass is 9.95. The first kappa shape index (κ1) is 9.76. The Morgan fingerprint density at radius 2 is 2.14 bits per heavy atom. The lowest BCUT2D eigenvalue weighted by Gasteiger charge is -2.13. The standard InChI is InChI=1S/C10H10INO2/c11-6-1-2-8(12)7(5-6)10(3-4-10)9(13)14/h1-2,5H,3-4,12H2,(H,13,14). The molecule has 0 aromatic heterocycles. The van der Waals surface area contributed by atoms with Gasteiger partial charge in [0.2, 0.25) is 0 Å². The van der Waals surface area contributed by atoms with Gasteiger partial charge in [0, 0.05) is 9.26 Å². The maximum Gasteiger partial charge on any atom is 0.314 e. The summed E-state index contributed by atoms with van der Waals surface area (Å²) in [6, 6.07) is 5.54. The van der Waals surface area contributed by atoms with Crippen molar-refractivity contribution < 1.29 is 9.90 Å². The number of nitrogen functional groups attached to an aromatic ring is 1. The lowest BCUT2D eigenvalue weighted by molar-refractivity contribution is -0.140. The smallest absolute Gasteiger partial charge is 0.314 e. The lowest BCUT2D eigenvalue weighted by Crippen LogP contribution is -2.21. The summed E-state index contributed by atoms with van der Waals surface area (Å²) in [4.78, 5) is 11.1. The predicted octanol–water partition coefficient (Wildman–Crippen LogP) is 1.99. The van der Waals surface area contributed by atoms with E-state index >= 15 is 0 Å². The van der Waals surface area contributed by atoms with E-state index in [-0.39, 0.29) is 0 Å². The molecule has 1 aromatic carbocycles. The molecule has 0 heterocycles. The molecule has 74 valence electrons. The first-order valence-corrected chi connectivity index (χ1v) is 5.43. The van der Waals surface area contributed by atoms with Gasteiger partial charge in [0.15, 0.2) is 0 Å². The summed E-state index contributed by atoms with van der Waals surface area (Å²) in [5.41, 5.74) is 6.46. The molecule has 0 atom stereocenters. The minimum Gasteiger partial charge on any atom is -0.481 e. The van der Waals surface area contributed by atoms with Crippen LogP contribution in [0, 0.1) is 3.57 Å². The Labute approximate surface area is 95.4 Å². The molecule has 3 nitrogen and oxygen atoms in total.